The second-order valence-electron chi connectivity index (χ2n) is 10.0. The molecule has 0 heterocycles. The van der Waals surface area contributed by atoms with Crippen molar-refractivity contribution in [3.8, 4) is 0 Å². The molecule has 0 aromatic heterocycles. The number of nitrogens with one attached hydrogen (secondary N) is 3. The monoisotopic (exact) mass is 521 g/mol. The number of carbonyl (C=O) groups excluding carboxylic acids is 3. The Kier molecular flexibility index (Phi) is 13.4. The van der Waals surface area contributed by atoms with E-state index in [2.05, 4.69) is 16.0 Å². The molecule has 0 radical (unpaired) electrons. The highest BCUT2D eigenvalue weighted by molar-refractivity contribution is 7.94. The van der Waals surface area contributed by atoms with Gasteiger partial charge in [0.2, 0.25) is 17.7 Å². The van der Waals surface area contributed by atoms with E-state index in [1.54, 1.807) is 18.2 Å². The summed E-state index contributed by atoms with van der Waals surface area (Å²) < 4.78 is 25.4. The van der Waals surface area contributed by atoms with Crippen molar-refractivity contribution in [2.45, 2.75) is 96.7 Å². The normalized spacial score (nSPS) is 14.4. The van der Waals surface area contributed by atoms with E-state index in [1.165, 1.54) is 25.1 Å². The molecule has 0 aliphatic rings. The summed E-state index contributed by atoms with van der Waals surface area (Å²) in [4.78, 5) is 38.0. The molecule has 202 valence electrons. The van der Waals surface area contributed by atoms with E-state index >= 15 is 0 Å². The van der Waals surface area contributed by atoms with Gasteiger partial charge in [0.25, 0.3) is 0 Å². The highest BCUT2D eigenvalue weighted by Gasteiger charge is 2.28. The standard InChI is InChI=1S/C27H43N3O5S/c1-7-8-12-22(15-16-36(34,35)23-13-10-9-11-14-23)29-26(32)25(18-20(4)5)30-27(33)24(17-19(2)3)28-21(6)31/h9-11,13-16,19-20,22,24-25H,7-8,12,17-18H2,1-6H3,(H,28,31)(H,29,32)(H,30,33)/b16-15+/t22-,24-,25-/m0/s1. The van der Waals surface area contributed by atoms with E-state index in [9.17, 15) is 22.8 Å². The Morgan fingerprint density at radius 1 is 0.861 bits per heavy atom. The first kappa shape index (κ1) is 31.4. The molecule has 3 amide bonds. The molecule has 0 saturated carbocycles. The zero-order valence-corrected chi connectivity index (χ0v) is 23.2. The number of amides is 3. The van der Waals surface area contributed by atoms with E-state index in [0.717, 1.165) is 18.2 Å². The molecule has 0 saturated heterocycles. The zero-order chi connectivity index (χ0) is 27.3. The van der Waals surface area contributed by atoms with Crippen LogP contribution < -0.4 is 16.0 Å². The Balaban J connectivity index is 3.07. The number of hydrogen-bond acceptors (Lipinski definition) is 5. The topological polar surface area (TPSA) is 121 Å². The van der Waals surface area contributed by atoms with E-state index in [0.29, 0.717) is 19.3 Å². The Labute approximate surface area is 216 Å². The first-order chi connectivity index (χ1) is 16.9. The van der Waals surface area contributed by atoms with Crippen LogP contribution in [0.2, 0.25) is 0 Å². The second kappa shape index (κ2) is 15.4. The van der Waals surface area contributed by atoms with Gasteiger partial charge in [-0.25, -0.2) is 8.42 Å². The summed E-state index contributed by atoms with van der Waals surface area (Å²) in [6.45, 7) is 11.2. The predicted octanol–water partition coefficient (Wildman–Crippen LogP) is 3.73. The summed E-state index contributed by atoms with van der Waals surface area (Å²) in [5, 5.41) is 9.53. The maximum absolute atomic E-state index is 13.3. The lowest BCUT2D eigenvalue weighted by atomic mass is 9.99. The van der Waals surface area contributed by atoms with Gasteiger partial charge in [-0.3, -0.25) is 14.4 Å². The minimum atomic E-state index is -3.65. The van der Waals surface area contributed by atoms with Crippen molar-refractivity contribution in [3.63, 3.8) is 0 Å². The molecule has 8 nitrogen and oxygen atoms in total. The summed E-state index contributed by atoms with van der Waals surface area (Å²) in [5.41, 5.74) is 0. The minimum absolute atomic E-state index is 0.119. The number of hydrogen-bond donors (Lipinski definition) is 3. The van der Waals surface area contributed by atoms with Crippen LogP contribution in [0.3, 0.4) is 0 Å². The third-order valence-corrected chi connectivity index (χ3v) is 6.94. The quantitative estimate of drug-likeness (QED) is 0.325. The minimum Gasteiger partial charge on any atom is -0.348 e. The van der Waals surface area contributed by atoms with Crippen LogP contribution >= 0.6 is 0 Å². The average Bonchev–Trinajstić information content (AvgIpc) is 2.79. The molecule has 3 atom stereocenters. The predicted molar refractivity (Wildman–Crippen MR) is 143 cm³/mol. The van der Waals surface area contributed by atoms with Gasteiger partial charge >= 0.3 is 0 Å². The second-order valence-corrected chi connectivity index (χ2v) is 11.9. The van der Waals surface area contributed by atoms with Crippen molar-refractivity contribution >= 4 is 27.6 Å². The molecule has 0 aliphatic carbocycles. The molecule has 0 unspecified atom stereocenters. The van der Waals surface area contributed by atoms with Crippen LogP contribution in [0.4, 0.5) is 0 Å². The smallest absolute Gasteiger partial charge is 0.243 e. The molecule has 1 aromatic carbocycles. The summed E-state index contributed by atoms with van der Waals surface area (Å²) in [7, 11) is -3.65. The highest BCUT2D eigenvalue weighted by Crippen LogP contribution is 2.14. The first-order valence-electron chi connectivity index (χ1n) is 12.7. The van der Waals surface area contributed by atoms with E-state index in [4.69, 9.17) is 0 Å². The van der Waals surface area contributed by atoms with Crippen molar-refractivity contribution in [1.82, 2.24) is 16.0 Å². The van der Waals surface area contributed by atoms with Gasteiger partial charge in [-0.2, -0.15) is 0 Å². The fourth-order valence-corrected chi connectivity index (χ4v) is 4.82. The molecule has 9 heteroatoms. The molecule has 0 bridgehead atoms. The number of benzene rings is 1. The van der Waals surface area contributed by atoms with Crippen molar-refractivity contribution in [3.05, 3.63) is 41.8 Å². The summed E-state index contributed by atoms with van der Waals surface area (Å²) in [5.74, 6) is -0.823. The van der Waals surface area contributed by atoms with E-state index in [1.807, 2.05) is 34.6 Å². The number of rotatable bonds is 15. The zero-order valence-electron chi connectivity index (χ0n) is 22.4. The number of carbonyl (C=O) groups is 3. The highest BCUT2D eigenvalue weighted by atomic mass is 32.2. The van der Waals surface area contributed by atoms with Gasteiger partial charge in [0, 0.05) is 18.4 Å². The molecule has 0 spiro atoms. The molecule has 1 rings (SSSR count). The van der Waals surface area contributed by atoms with Crippen molar-refractivity contribution < 1.29 is 22.8 Å². The lowest BCUT2D eigenvalue weighted by molar-refractivity contribution is -0.132. The van der Waals surface area contributed by atoms with Gasteiger partial charge in [-0.1, -0.05) is 71.7 Å². The van der Waals surface area contributed by atoms with Gasteiger partial charge in [0.15, 0.2) is 9.84 Å². The van der Waals surface area contributed by atoms with E-state index in [-0.39, 0.29) is 28.5 Å². The van der Waals surface area contributed by atoms with Gasteiger partial charge in [-0.15, -0.1) is 0 Å². The number of unbranched alkanes of at least 4 members (excludes halogenated alkanes) is 1. The third kappa shape index (κ3) is 11.8. The van der Waals surface area contributed by atoms with Crippen LogP contribution in [0.15, 0.2) is 46.7 Å². The van der Waals surface area contributed by atoms with E-state index < -0.39 is 33.9 Å². The van der Waals surface area contributed by atoms with Gasteiger partial charge in [0.1, 0.15) is 12.1 Å². The fraction of sp³-hybridized carbons (Fsp3) is 0.593. The third-order valence-electron chi connectivity index (χ3n) is 5.50. The molecule has 1 aromatic rings. The molecular formula is C27H43N3O5S. The number of sulfone groups is 1. The van der Waals surface area contributed by atoms with Gasteiger partial charge < -0.3 is 16.0 Å². The molecule has 36 heavy (non-hydrogen) atoms. The summed E-state index contributed by atoms with van der Waals surface area (Å²) in [6.07, 6.45) is 4.59. The van der Waals surface area contributed by atoms with Crippen LogP contribution in [0.1, 0.15) is 73.6 Å². The maximum Gasteiger partial charge on any atom is 0.243 e. The Morgan fingerprint density at radius 3 is 1.89 bits per heavy atom. The maximum atomic E-state index is 13.3. The Morgan fingerprint density at radius 2 is 1.39 bits per heavy atom. The van der Waals surface area contributed by atoms with Crippen molar-refractivity contribution in [2.24, 2.45) is 11.8 Å². The Hall–Kier alpha value is -2.68. The van der Waals surface area contributed by atoms with Crippen LogP contribution in [0, 0.1) is 11.8 Å². The van der Waals surface area contributed by atoms with Crippen molar-refractivity contribution in [2.75, 3.05) is 0 Å². The van der Waals surface area contributed by atoms with Gasteiger partial charge in [0.05, 0.1) is 4.90 Å². The van der Waals surface area contributed by atoms with Crippen molar-refractivity contribution in [1.29, 1.82) is 0 Å². The van der Waals surface area contributed by atoms with Gasteiger partial charge in [-0.05, 0) is 43.2 Å². The largest absolute Gasteiger partial charge is 0.348 e. The lowest BCUT2D eigenvalue weighted by Crippen LogP contribution is -2.55. The first-order valence-corrected chi connectivity index (χ1v) is 14.3. The summed E-state index contributed by atoms with van der Waals surface area (Å²) >= 11 is 0. The lowest BCUT2D eigenvalue weighted by Gasteiger charge is -2.26. The average molecular weight is 522 g/mol. The summed E-state index contributed by atoms with van der Waals surface area (Å²) in [6, 6.07) is 6.04. The molecular weight excluding hydrogens is 478 g/mol. The van der Waals surface area contributed by atoms with Crippen LogP contribution in [-0.4, -0.2) is 44.3 Å². The molecule has 0 aliphatic heterocycles. The molecule has 0 fully saturated rings. The van der Waals surface area contributed by atoms with Crippen LogP contribution in [-0.2, 0) is 24.2 Å². The van der Waals surface area contributed by atoms with Crippen LogP contribution in [0.25, 0.3) is 0 Å². The SMILES string of the molecule is CCCC[C@@H](/C=C/S(=O)(=O)c1ccccc1)NC(=O)[C@H](CC(C)C)NC(=O)[C@H](CC(C)C)NC(C)=O. The fourth-order valence-electron chi connectivity index (χ4n) is 3.73. The van der Waals surface area contributed by atoms with Crippen LogP contribution in [0.5, 0.6) is 0 Å². The Bertz CT molecular complexity index is 974. The molecule has 3 N–H and O–H groups in total.